The first-order chi connectivity index (χ1) is 15.1. The highest BCUT2D eigenvalue weighted by Crippen LogP contribution is 2.20. The van der Waals surface area contributed by atoms with Crippen molar-refractivity contribution < 1.29 is 9.53 Å². The monoisotopic (exact) mass is 473 g/mol. The summed E-state index contributed by atoms with van der Waals surface area (Å²) in [5.41, 5.74) is 6.55. The quantitative estimate of drug-likeness (QED) is 0.290. The van der Waals surface area contributed by atoms with Crippen molar-refractivity contribution in [2.75, 3.05) is 0 Å². The predicted molar refractivity (Wildman–Crippen MR) is 126 cm³/mol. The molecule has 0 unspecified atom stereocenters. The Balaban J connectivity index is 1.47. The van der Waals surface area contributed by atoms with Gasteiger partial charge in [0.2, 0.25) is 0 Å². The molecule has 0 radical (unpaired) electrons. The lowest BCUT2D eigenvalue weighted by Gasteiger charge is -2.09. The SMILES string of the molecule is Cc1cc(C(=O)NN=Cc2ccccc2OCc2ccc(Br)cc2)c2ccccc2n1. The molecule has 6 heteroatoms. The normalized spacial score (nSPS) is 11.0. The second kappa shape index (κ2) is 9.53. The standard InChI is InChI=1S/C25H20BrN3O2/c1-17-14-22(21-7-3-4-8-23(21)28-17)25(30)29-27-15-19-6-2-5-9-24(19)31-16-18-10-12-20(26)13-11-18/h2-15H,16H2,1H3,(H,29,30). The molecule has 154 valence electrons. The minimum absolute atomic E-state index is 0.286. The molecule has 0 bridgehead atoms. The topological polar surface area (TPSA) is 63.6 Å². The van der Waals surface area contributed by atoms with Gasteiger partial charge < -0.3 is 4.74 Å². The number of hydrazone groups is 1. The van der Waals surface area contributed by atoms with Crippen LogP contribution in [-0.4, -0.2) is 17.1 Å². The molecule has 1 aromatic heterocycles. The van der Waals surface area contributed by atoms with Crippen molar-refractivity contribution in [1.82, 2.24) is 10.4 Å². The summed E-state index contributed by atoms with van der Waals surface area (Å²) in [7, 11) is 0. The van der Waals surface area contributed by atoms with Crippen molar-refractivity contribution in [2.45, 2.75) is 13.5 Å². The largest absolute Gasteiger partial charge is 0.488 e. The van der Waals surface area contributed by atoms with Crippen molar-refractivity contribution in [3.8, 4) is 5.75 Å². The van der Waals surface area contributed by atoms with E-state index in [1.165, 1.54) is 0 Å². The van der Waals surface area contributed by atoms with Crippen molar-refractivity contribution in [2.24, 2.45) is 5.10 Å². The second-order valence-electron chi connectivity index (χ2n) is 6.98. The summed E-state index contributed by atoms with van der Waals surface area (Å²) in [6.45, 7) is 2.30. The van der Waals surface area contributed by atoms with Crippen LogP contribution in [0.15, 0.2) is 88.4 Å². The van der Waals surface area contributed by atoms with E-state index in [-0.39, 0.29) is 5.91 Å². The zero-order valence-corrected chi connectivity index (χ0v) is 18.5. The molecular formula is C25H20BrN3O2. The summed E-state index contributed by atoms with van der Waals surface area (Å²) in [4.78, 5) is 17.2. The number of para-hydroxylation sites is 2. The summed E-state index contributed by atoms with van der Waals surface area (Å²) in [5, 5.41) is 4.94. The van der Waals surface area contributed by atoms with E-state index >= 15 is 0 Å². The number of hydrogen-bond donors (Lipinski definition) is 1. The first-order valence-corrected chi connectivity index (χ1v) is 10.6. The van der Waals surface area contributed by atoms with E-state index in [9.17, 15) is 4.79 Å². The molecule has 0 aliphatic heterocycles. The van der Waals surface area contributed by atoms with Gasteiger partial charge in [0, 0.05) is 21.1 Å². The molecule has 3 aromatic carbocycles. The Morgan fingerprint density at radius 3 is 2.65 bits per heavy atom. The second-order valence-corrected chi connectivity index (χ2v) is 7.90. The van der Waals surface area contributed by atoms with Gasteiger partial charge in [-0.25, -0.2) is 5.43 Å². The number of fused-ring (bicyclic) bond motifs is 1. The number of aryl methyl sites for hydroxylation is 1. The minimum atomic E-state index is -0.286. The van der Waals surface area contributed by atoms with Gasteiger partial charge in [-0.2, -0.15) is 5.10 Å². The minimum Gasteiger partial charge on any atom is -0.488 e. The summed E-state index contributed by atoms with van der Waals surface area (Å²) >= 11 is 3.43. The number of hydrogen-bond acceptors (Lipinski definition) is 4. The van der Waals surface area contributed by atoms with Crippen molar-refractivity contribution in [3.05, 3.63) is 106 Å². The van der Waals surface area contributed by atoms with E-state index < -0.39 is 0 Å². The fraction of sp³-hybridized carbons (Fsp3) is 0.0800. The van der Waals surface area contributed by atoms with Crippen LogP contribution in [0.4, 0.5) is 0 Å². The number of aromatic nitrogens is 1. The number of carbonyl (C=O) groups excluding carboxylic acids is 1. The lowest BCUT2D eigenvalue weighted by molar-refractivity contribution is 0.0956. The first kappa shape index (κ1) is 20.8. The number of nitrogens with zero attached hydrogens (tertiary/aromatic N) is 2. The van der Waals surface area contributed by atoms with E-state index in [0.717, 1.165) is 32.2 Å². The van der Waals surface area contributed by atoms with Crippen LogP contribution in [0.2, 0.25) is 0 Å². The predicted octanol–water partition coefficient (Wildman–Crippen LogP) is 5.65. The average Bonchev–Trinajstić information content (AvgIpc) is 2.78. The molecule has 1 heterocycles. The number of pyridine rings is 1. The van der Waals surface area contributed by atoms with Gasteiger partial charge in [-0.1, -0.05) is 58.4 Å². The number of halogens is 1. The fourth-order valence-corrected chi connectivity index (χ4v) is 3.44. The number of rotatable bonds is 6. The van der Waals surface area contributed by atoms with E-state index in [4.69, 9.17) is 4.74 Å². The molecule has 0 saturated heterocycles. The number of ether oxygens (including phenoxy) is 1. The van der Waals surface area contributed by atoms with Gasteiger partial charge in [0.1, 0.15) is 12.4 Å². The average molecular weight is 474 g/mol. The van der Waals surface area contributed by atoms with Crippen molar-refractivity contribution >= 4 is 39.0 Å². The third-order valence-electron chi connectivity index (χ3n) is 4.69. The van der Waals surface area contributed by atoms with Crippen LogP contribution < -0.4 is 10.2 Å². The molecule has 1 N–H and O–H groups in total. The Bertz CT molecular complexity index is 1250. The Morgan fingerprint density at radius 1 is 1.06 bits per heavy atom. The third kappa shape index (κ3) is 5.16. The highest BCUT2D eigenvalue weighted by molar-refractivity contribution is 9.10. The van der Waals surface area contributed by atoms with Gasteiger partial charge in [-0.3, -0.25) is 9.78 Å². The highest BCUT2D eigenvalue weighted by atomic mass is 79.9. The van der Waals surface area contributed by atoms with Crippen LogP contribution in [0, 0.1) is 6.92 Å². The summed E-state index contributed by atoms with van der Waals surface area (Å²) in [6, 6.07) is 24.9. The van der Waals surface area contributed by atoms with Gasteiger partial charge in [0.05, 0.1) is 17.3 Å². The zero-order valence-electron chi connectivity index (χ0n) is 16.9. The van der Waals surface area contributed by atoms with Crippen molar-refractivity contribution in [1.29, 1.82) is 0 Å². The van der Waals surface area contributed by atoms with Gasteiger partial charge >= 0.3 is 0 Å². The molecule has 0 aliphatic rings. The number of amides is 1. The number of nitrogens with one attached hydrogen (secondary N) is 1. The van der Waals surface area contributed by atoms with Crippen LogP contribution in [0.5, 0.6) is 5.75 Å². The Morgan fingerprint density at radius 2 is 1.81 bits per heavy atom. The molecule has 4 aromatic rings. The van der Waals surface area contributed by atoms with Crippen LogP contribution in [0.1, 0.15) is 27.2 Å². The van der Waals surface area contributed by atoms with Gasteiger partial charge in [0.15, 0.2) is 0 Å². The summed E-state index contributed by atoms with van der Waals surface area (Å²) in [6.07, 6.45) is 1.59. The lowest BCUT2D eigenvalue weighted by atomic mass is 10.1. The molecule has 31 heavy (non-hydrogen) atoms. The van der Waals surface area contributed by atoms with Crippen LogP contribution in [0.25, 0.3) is 10.9 Å². The zero-order chi connectivity index (χ0) is 21.6. The third-order valence-corrected chi connectivity index (χ3v) is 5.21. The van der Waals surface area contributed by atoms with Gasteiger partial charge in [-0.05, 0) is 48.9 Å². The maximum Gasteiger partial charge on any atom is 0.272 e. The Hall–Kier alpha value is -3.51. The van der Waals surface area contributed by atoms with Gasteiger partial charge in [0.25, 0.3) is 5.91 Å². The fourth-order valence-electron chi connectivity index (χ4n) is 3.18. The van der Waals surface area contributed by atoms with E-state index in [1.54, 1.807) is 12.3 Å². The molecule has 0 saturated carbocycles. The maximum absolute atomic E-state index is 12.7. The van der Waals surface area contributed by atoms with E-state index in [0.29, 0.717) is 17.9 Å². The Kier molecular flexibility index (Phi) is 6.38. The van der Waals surface area contributed by atoms with Crippen LogP contribution in [-0.2, 0) is 6.61 Å². The first-order valence-electron chi connectivity index (χ1n) is 9.76. The smallest absolute Gasteiger partial charge is 0.272 e. The lowest BCUT2D eigenvalue weighted by Crippen LogP contribution is -2.18. The van der Waals surface area contributed by atoms with Crippen LogP contribution >= 0.6 is 15.9 Å². The van der Waals surface area contributed by atoms with Gasteiger partial charge in [-0.15, -0.1) is 0 Å². The molecule has 0 spiro atoms. The Labute approximate surface area is 188 Å². The molecule has 0 fully saturated rings. The molecule has 4 rings (SSSR count). The highest BCUT2D eigenvalue weighted by Gasteiger charge is 2.11. The maximum atomic E-state index is 12.7. The van der Waals surface area contributed by atoms with Crippen LogP contribution in [0.3, 0.4) is 0 Å². The number of carbonyl (C=O) groups is 1. The molecule has 0 aliphatic carbocycles. The number of benzene rings is 3. The summed E-state index contributed by atoms with van der Waals surface area (Å²) < 4.78 is 6.98. The van der Waals surface area contributed by atoms with E-state index in [1.807, 2.05) is 79.7 Å². The molecule has 0 atom stereocenters. The van der Waals surface area contributed by atoms with Crippen molar-refractivity contribution in [3.63, 3.8) is 0 Å². The van der Waals surface area contributed by atoms with E-state index in [2.05, 4.69) is 31.4 Å². The molecule has 1 amide bonds. The molecule has 5 nitrogen and oxygen atoms in total. The summed E-state index contributed by atoms with van der Waals surface area (Å²) in [5.74, 6) is 0.403. The molecular weight excluding hydrogens is 454 g/mol.